The molecule has 3 nitrogen and oxygen atoms in total. The lowest BCUT2D eigenvalue weighted by Crippen LogP contribution is -2.08. The first-order chi connectivity index (χ1) is 10.6. The Balaban J connectivity index is 1.60. The number of phenolic OH excluding ortho intramolecular Hbond substituents is 2. The molecule has 2 aromatic rings. The van der Waals surface area contributed by atoms with Crippen LogP contribution < -0.4 is 0 Å². The Morgan fingerprint density at radius 3 is 1.68 bits per heavy atom. The van der Waals surface area contributed by atoms with Crippen LogP contribution in [0.5, 0.6) is 11.5 Å². The van der Waals surface area contributed by atoms with E-state index in [1.807, 2.05) is 24.3 Å². The summed E-state index contributed by atoms with van der Waals surface area (Å²) in [5.74, 6) is 0.576. The molecule has 118 valence electrons. The normalized spacial score (nSPS) is 12.2. The van der Waals surface area contributed by atoms with Crippen molar-refractivity contribution in [2.24, 2.45) is 0 Å². The highest BCUT2D eigenvalue weighted by molar-refractivity contribution is 5.26. The maximum Gasteiger partial charge on any atom is 0.115 e. The molecular weight excluding hydrogens is 276 g/mol. The first-order valence-electron chi connectivity index (χ1n) is 7.87. The van der Waals surface area contributed by atoms with Gasteiger partial charge in [0.2, 0.25) is 0 Å². The van der Waals surface area contributed by atoms with Crippen molar-refractivity contribution >= 4 is 0 Å². The fourth-order valence-electron chi connectivity index (χ4n) is 2.51. The summed E-state index contributed by atoms with van der Waals surface area (Å²) in [6.07, 6.45) is 5.15. The first-order valence-corrected chi connectivity index (χ1v) is 7.87. The van der Waals surface area contributed by atoms with Gasteiger partial charge in [-0.25, -0.2) is 0 Å². The number of aliphatic hydroxyl groups is 1. The van der Waals surface area contributed by atoms with Gasteiger partial charge >= 0.3 is 0 Å². The third-order valence-electron chi connectivity index (χ3n) is 3.89. The van der Waals surface area contributed by atoms with Gasteiger partial charge in [-0.3, -0.25) is 0 Å². The molecule has 0 aromatic heterocycles. The monoisotopic (exact) mass is 300 g/mol. The van der Waals surface area contributed by atoms with Crippen molar-refractivity contribution in [2.45, 2.75) is 44.6 Å². The smallest absolute Gasteiger partial charge is 0.115 e. The zero-order valence-corrected chi connectivity index (χ0v) is 12.8. The summed E-state index contributed by atoms with van der Waals surface area (Å²) in [6, 6.07) is 14.5. The molecule has 2 rings (SSSR count). The Kier molecular flexibility index (Phi) is 6.28. The van der Waals surface area contributed by atoms with Crippen LogP contribution in [-0.2, 0) is 12.8 Å². The van der Waals surface area contributed by atoms with Gasteiger partial charge in [-0.15, -0.1) is 0 Å². The van der Waals surface area contributed by atoms with Crippen LogP contribution in [0.3, 0.4) is 0 Å². The van der Waals surface area contributed by atoms with Crippen LogP contribution in [0.25, 0.3) is 0 Å². The van der Waals surface area contributed by atoms with Crippen LogP contribution in [0, 0.1) is 0 Å². The van der Waals surface area contributed by atoms with E-state index in [1.54, 1.807) is 24.3 Å². The summed E-state index contributed by atoms with van der Waals surface area (Å²) < 4.78 is 0. The van der Waals surface area contributed by atoms with Crippen LogP contribution in [-0.4, -0.2) is 21.4 Å². The second kappa shape index (κ2) is 8.44. The number of phenols is 2. The molecule has 0 spiro atoms. The van der Waals surface area contributed by atoms with Gasteiger partial charge in [-0.2, -0.15) is 0 Å². The molecule has 1 unspecified atom stereocenters. The molecule has 0 saturated heterocycles. The lowest BCUT2D eigenvalue weighted by atomic mass is 10.0. The molecule has 3 N–H and O–H groups in total. The highest BCUT2D eigenvalue weighted by Gasteiger charge is 2.05. The molecule has 0 aliphatic rings. The van der Waals surface area contributed by atoms with Gasteiger partial charge in [-0.05, 0) is 67.5 Å². The van der Waals surface area contributed by atoms with Crippen molar-refractivity contribution in [3.05, 3.63) is 59.7 Å². The first kappa shape index (κ1) is 16.4. The second-order valence-electron chi connectivity index (χ2n) is 5.77. The Labute approximate surface area is 131 Å². The van der Waals surface area contributed by atoms with Crippen LogP contribution in [0.15, 0.2) is 48.5 Å². The van der Waals surface area contributed by atoms with Crippen molar-refractivity contribution in [3.8, 4) is 11.5 Å². The van der Waals surface area contributed by atoms with Gasteiger partial charge < -0.3 is 15.3 Å². The number of aryl methyl sites for hydroxylation is 2. The molecule has 0 saturated carbocycles. The average molecular weight is 300 g/mol. The number of aliphatic hydroxyl groups excluding tert-OH is 1. The molecule has 0 amide bonds. The SMILES string of the molecule is Oc1ccc(CCCCC(O)CCc2ccc(O)cc2)cc1. The van der Waals surface area contributed by atoms with Gasteiger partial charge in [0.15, 0.2) is 0 Å². The van der Waals surface area contributed by atoms with Crippen molar-refractivity contribution in [1.82, 2.24) is 0 Å². The highest BCUT2D eigenvalue weighted by atomic mass is 16.3. The van der Waals surface area contributed by atoms with E-state index in [1.165, 1.54) is 5.56 Å². The van der Waals surface area contributed by atoms with Gasteiger partial charge in [0, 0.05) is 0 Å². The molecule has 0 radical (unpaired) electrons. The van der Waals surface area contributed by atoms with E-state index in [0.717, 1.165) is 44.1 Å². The number of benzene rings is 2. The highest BCUT2D eigenvalue weighted by Crippen LogP contribution is 2.15. The summed E-state index contributed by atoms with van der Waals surface area (Å²) in [5, 5.41) is 28.5. The molecule has 0 aliphatic heterocycles. The molecule has 3 heteroatoms. The van der Waals surface area contributed by atoms with E-state index >= 15 is 0 Å². The molecule has 1 atom stereocenters. The predicted octanol–water partition coefficient (Wildman–Crippen LogP) is 3.80. The van der Waals surface area contributed by atoms with Crippen LogP contribution in [0.2, 0.25) is 0 Å². The van der Waals surface area contributed by atoms with E-state index in [9.17, 15) is 15.3 Å². The molecule has 0 bridgehead atoms. The summed E-state index contributed by atoms with van der Waals surface area (Å²) in [5.41, 5.74) is 2.36. The number of aromatic hydroxyl groups is 2. The topological polar surface area (TPSA) is 60.7 Å². The molecule has 0 aliphatic carbocycles. The summed E-state index contributed by atoms with van der Waals surface area (Å²) in [4.78, 5) is 0. The van der Waals surface area contributed by atoms with Crippen molar-refractivity contribution in [2.75, 3.05) is 0 Å². The molecule has 0 fully saturated rings. The van der Waals surface area contributed by atoms with E-state index in [4.69, 9.17) is 0 Å². The number of unbranched alkanes of at least 4 members (excludes halogenated alkanes) is 1. The third-order valence-corrected chi connectivity index (χ3v) is 3.89. The van der Waals surface area contributed by atoms with E-state index in [2.05, 4.69) is 0 Å². The van der Waals surface area contributed by atoms with E-state index < -0.39 is 0 Å². The minimum Gasteiger partial charge on any atom is -0.508 e. The Morgan fingerprint density at radius 1 is 0.636 bits per heavy atom. The van der Waals surface area contributed by atoms with Crippen molar-refractivity contribution in [1.29, 1.82) is 0 Å². The zero-order chi connectivity index (χ0) is 15.8. The number of rotatable bonds is 8. The van der Waals surface area contributed by atoms with E-state index in [-0.39, 0.29) is 11.9 Å². The molecule has 0 heterocycles. The quantitative estimate of drug-likeness (QED) is 0.650. The van der Waals surface area contributed by atoms with Gasteiger partial charge in [0.1, 0.15) is 11.5 Å². The van der Waals surface area contributed by atoms with Gasteiger partial charge in [0.25, 0.3) is 0 Å². The summed E-state index contributed by atoms with van der Waals surface area (Å²) >= 11 is 0. The van der Waals surface area contributed by atoms with Gasteiger partial charge in [0.05, 0.1) is 6.10 Å². The van der Waals surface area contributed by atoms with Crippen molar-refractivity contribution in [3.63, 3.8) is 0 Å². The fourth-order valence-corrected chi connectivity index (χ4v) is 2.51. The minimum atomic E-state index is -0.270. The number of hydrogen-bond donors (Lipinski definition) is 3. The summed E-state index contributed by atoms with van der Waals surface area (Å²) in [7, 11) is 0. The molecule has 22 heavy (non-hydrogen) atoms. The number of hydrogen-bond acceptors (Lipinski definition) is 3. The second-order valence-corrected chi connectivity index (χ2v) is 5.77. The standard InChI is InChI=1S/C19H24O3/c20-17(10-7-16-8-13-19(22)14-9-16)4-2-1-3-15-5-11-18(21)12-6-15/h5-6,8-9,11-14,17,20-22H,1-4,7,10H2. The van der Waals surface area contributed by atoms with Crippen LogP contribution >= 0.6 is 0 Å². The lowest BCUT2D eigenvalue weighted by molar-refractivity contribution is 0.151. The maximum atomic E-state index is 10.0. The minimum absolute atomic E-state index is 0.270. The van der Waals surface area contributed by atoms with Crippen molar-refractivity contribution < 1.29 is 15.3 Å². The Bertz CT molecular complexity index is 546. The Hall–Kier alpha value is -2.00. The van der Waals surface area contributed by atoms with Gasteiger partial charge in [-0.1, -0.05) is 30.7 Å². The maximum absolute atomic E-state index is 10.0. The molecular formula is C19H24O3. The largest absolute Gasteiger partial charge is 0.508 e. The average Bonchev–Trinajstić information content (AvgIpc) is 2.53. The Morgan fingerprint density at radius 2 is 1.14 bits per heavy atom. The fraction of sp³-hybridized carbons (Fsp3) is 0.368. The molecule has 2 aromatic carbocycles. The zero-order valence-electron chi connectivity index (χ0n) is 12.8. The lowest BCUT2D eigenvalue weighted by Gasteiger charge is -2.10. The van der Waals surface area contributed by atoms with Crippen LogP contribution in [0.4, 0.5) is 0 Å². The van der Waals surface area contributed by atoms with E-state index in [0.29, 0.717) is 5.75 Å². The summed E-state index contributed by atoms with van der Waals surface area (Å²) in [6.45, 7) is 0. The predicted molar refractivity (Wildman–Crippen MR) is 88.1 cm³/mol. The third kappa shape index (κ3) is 5.78. The van der Waals surface area contributed by atoms with Crippen LogP contribution in [0.1, 0.15) is 36.8 Å².